The second kappa shape index (κ2) is 6.52. The number of pyridine rings is 1. The van der Waals surface area contributed by atoms with Gasteiger partial charge in [0.25, 0.3) is 5.91 Å². The number of rotatable bonds is 4. The predicted octanol–water partition coefficient (Wildman–Crippen LogP) is 1.45. The lowest BCUT2D eigenvalue weighted by molar-refractivity contribution is 0.0818. The first-order valence-electron chi connectivity index (χ1n) is 6.76. The Balaban J connectivity index is 1.97. The number of carbonyl (C=O) groups is 1. The Morgan fingerprint density at radius 3 is 2.74 bits per heavy atom. The summed E-state index contributed by atoms with van der Waals surface area (Å²) in [6.07, 6.45) is 4.06. The Morgan fingerprint density at radius 1 is 1.47 bits per heavy atom. The summed E-state index contributed by atoms with van der Waals surface area (Å²) < 4.78 is 5.35. The van der Waals surface area contributed by atoms with Crippen molar-refractivity contribution >= 4 is 11.7 Å². The highest BCUT2D eigenvalue weighted by Gasteiger charge is 2.19. The SMILES string of the molecule is CCNC(=O)c1ccc(N2CCC(OC)CC2)nc1. The van der Waals surface area contributed by atoms with Gasteiger partial charge >= 0.3 is 0 Å². The van der Waals surface area contributed by atoms with Gasteiger partial charge in [0.05, 0.1) is 11.7 Å². The zero-order valence-corrected chi connectivity index (χ0v) is 11.6. The average molecular weight is 263 g/mol. The van der Waals surface area contributed by atoms with Crippen LogP contribution in [-0.4, -0.2) is 43.7 Å². The maximum absolute atomic E-state index is 11.6. The van der Waals surface area contributed by atoms with Crippen LogP contribution in [0.25, 0.3) is 0 Å². The van der Waals surface area contributed by atoms with Crippen molar-refractivity contribution in [1.82, 2.24) is 10.3 Å². The molecule has 1 saturated heterocycles. The second-order valence-electron chi connectivity index (χ2n) is 4.69. The van der Waals surface area contributed by atoms with Gasteiger partial charge in [-0.2, -0.15) is 0 Å². The maximum Gasteiger partial charge on any atom is 0.252 e. The van der Waals surface area contributed by atoms with Crippen molar-refractivity contribution in [3.63, 3.8) is 0 Å². The third kappa shape index (κ3) is 3.44. The molecular formula is C14H21N3O2. The molecule has 19 heavy (non-hydrogen) atoms. The van der Waals surface area contributed by atoms with E-state index in [-0.39, 0.29) is 5.91 Å². The van der Waals surface area contributed by atoms with Crippen molar-refractivity contribution in [3.05, 3.63) is 23.9 Å². The standard InChI is InChI=1S/C14H21N3O2/c1-3-15-14(18)11-4-5-13(16-10-11)17-8-6-12(19-2)7-9-17/h4-5,10,12H,3,6-9H2,1-2H3,(H,15,18). The van der Waals surface area contributed by atoms with Crippen LogP contribution in [0.15, 0.2) is 18.3 Å². The first kappa shape index (κ1) is 13.8. The van der Waals surface area contributed by atoms with Crippen molar-refractivity contribution in [2.75, 3.05) is 31.6 Å². The molecule has 0 radical (unpaired) electrons. The van der Waals surface area contributed by atoms with Crippen LogP contribution in [0.1, 0.15) is 30.1 Å². The van der Waals surface area contributed by atoms with E-state index in [1.54, 1.807) is 13.3 Å². The van der Waals surface area contributed by atoms with Gasteiger partial charge in [0, 0.05) is 32.9 Å². The smallest absolute Gasteiger partial charge is 0.252 e. The first-order valence-corrected chi connectivity index (χ1v) is 6.76. The molecule has 5 nitrogen and oxygen atoms in total. The summed E-state index contributed by atoms with van der Waals surface area (Å²) in [4.78, 5) is 18.2. The van der Waals surface area contributed by atoms with E-state index < -0.39 is 0 Å². The fourth-order valence-corrected chi connectivity index (χ4v) is 2.29. The van der Waals surface area contributed by atoms with Crippen molar-refractivity contribution in [1.29, 1.82) is 0 Å². The van der Waals surface area contributed by atoms with E-state index in [1.807, 2.05) is 19.1 Å². The van der Waals surface area contributed by atoms with Crippen LogP contribution in [0, 0.1) is 0 Å². The van der Waals surface area contributed by atoms with Gasteiger partial charge < -0.3 is 15.0 Å². The number of ether oxygens (including phenoxy) is 1. The summed E-state index contributed by atoms with van der Waals surface area (Å²) in [5.41, 5.74) is 0.609. The highest BCUT2D eigenvalue weighted by Crippen LogP contribution is 2.19. The lowest BCUT2D eigenvalue weighted by atomic mass is 10.1. The van der Waals surface area contributed by atoms with Gasteiger partial charge in [-0.25, -0.2) is 4.98 Å². The Labute approximate surface area is 114 Å². The minimum Gasteiger partial charge on any atom is -0.381 e. The lowest BCUT2D eigenvalue weighted by Gasteiger charge is -2.32. The van der Waals surface area contributed by atoms with E-state index in [4.69, 9.17) is 4.74 Å². The number of nitrogens with one attached hydrogen (secondary N) is 1. The molecule has 2 rings (SSSR count). The Morgan fingerprint density at radius 2 is 2.21 bits per heavy atom. The van der Waals surface area contributed by atoms with Crippen LogP contribution in [0.2, 0.25) is 0 Å². The van der Waals surface area contributed by atoms with Gasteiger partial charge in [-0.05, 0) is 31.9 Å². The van der Waals surface area contributed by atoms with Crippen LogP contribution >= 0.6 is 0 Å². The number of hydrogen-bond donors (Lipinski definition) is 1. The molecule has 1 aromatic rings. The molecule has 104 valence electrons. The van der Waals surface area contributed by atoms with Crippen LogP contribution in [0.3, 0.4) is 0 Å². The Hall–Kier alpha value is -1.62. The van der Waals surface area contributed by atoms with E-state index in [0.29, 0.717) is 18.2 Å². The molecule has 0 atom stereocenters. The molecule has 5 heteroatoms. The van der Waals surface area contributed by atoms with Crippen molar-refractivity contribution in [2.24, 2.45) is 0 Å². The first-order chi connectivity index (χ1) is 9.24. The predicted molar refractivity (Wildman–Crippen MR) is 74.5 cm³/mol. The van der Waals surface area contributed by atoms with E-state index in [9.17, 15) is 4.79 Å². The topological polar surface area (TPSA) is 54.5 Å². The molecule has 1 aliphatic heterocycles. The number of anilines is 1. The summed E-state index contributed by atoms with van der Waals surface area (Å²) in [7, 11) is 1.76. The molecule has 1 amide bonds. The van der Waals surface area contributed by atoms with Crippen LogP contribution in [0.4, 0.5) is 5.82 Å². The Kier molecular flexibility index (Phi) is 4.74. The molecule has 1 fully saturated rings. The number of aromatic nitrogens is 1. The van der Waals surface area contributed by atoms with E-state index in [2.05, 4.69) is 15.2 Å². The quantitative estimate of drug-likeness (QED) is 0.893. The van der Waals surface area contributed by atoms with Gasteiger partial charge in [0.2, 0.25) is 0 Å². The van der Waals surface area contributed by atoms with E-state index in [0.717, 1.165) is 31.7 Å². The molecule has 0 aromatic carbocycles. The largest absolute Gasteiger partial charge is 0.381 e. The summed E-state index contributed by atoms with van der Waals surface area (Å²) in [5.74, 6) is 0.863. The van der Waals surface area contributed by atoms with Crippen molar-refractivity contribution in [3.8, 4) is 0 Å². The maximum atomic E-state index is 11.6. The number of methoxy groups -OCH3 is 1. The minimum atomic E-state index is -0.0698. The van der Waals surface area contributed by atoms with E-state index in [1.165, 1.54) is 0 Å². The third-order valence-electron chi connectivity index (χ3n) is 3.45. The van der Waals surface area contributed by atoms with Crippen LogP contribution in [-0.2, 0) is 4.74 Å². The van der Waals surface area contributed by atoms with Gasteiger partial charge in [0.1, 0.15) is 5.82 Å². The number of amides is 1. The van der Waals surface area contributed by atoms with Crippen molar-refractivity contribution < 1.29 is 9.53 Å². The number of nitrogens with zero attached hydrogens (tertiary/aromatic N) is 2. The summed E-state index contributed by atoms with van der Waals surface area (Å²) in [6, 6.07) is 3.74. The molecule has 0 spiro atoms. The highest BCUT2D eigenvalue weighted by atomic mass is 16.5. The van der Waals surface area contributed by atoms with Gasteiger partial charge in [-0.15, -0.1) is 0 Å². The molecule has 2 heterocycles. The molecule has 0 bridgehead atoms. The number of hydrogen-bond acceptors (Lipinski definition) is 4. The highest BCUT2D eigenvalue weighted by molar-refractivity contribution is 5.93. The van der Waals surface area contributed by atoms with Crippen LogP contribution in [0.5, 0.6) is 0 Å². The third-order valence-corrected chi connectivity index (χ3v) is 3.45. The molecule has 0 saturated carbocycles. The molecule has 1 aliphatic rings. The second-order valence-corrected chi connectivity index (χ2v) is 4.69. The zero-order chi connectivity index (χ0) is 13.7. The summed E-state index contributed by atoms with van der Waals surface area (Å²) >= 11 is 0. The summed E-state index contributed by atoms with van der Waals surface area (Å²) in [6.45, 7) is 4.43. The van der Waals surface area contributed by atoms with Crippen LogP contribution < -0.4 is 10.2 Å². The minimum absolute atomic E-state index is 0.0698. The normalized spacial score (nSPS) is 16.4. The average Bonchev–Trinajstić information content (AvgIpc) is 2.48. The fraction of sp³-hybridized carbons (Fsp3) is 0.571. The lowest BCUT2D eigenvalue weighted by Crippen LogP contribution is -2.37. The monoisotopic (exact) mass is 263 g/mol. The van der Waals surface area contributed by atoms with Gasteiger partial charge in [-0.1, -0.05) is 0 Å². The molecule has 1 aromatic heterocycles. The van der Waals surface area contributed by atoms with Crippen molar-refractivity contribution in [2.45, 2.75) is 25.9 Å². The van der Waals surface area contributed by atoms with Gasteiger partial charge in [-0.3, -0.25) is 4.79 Å². The molecule has 1 N–H and O–H groups in total. The fourth-order valence-electron chi connectivity index (χ4n) is 2.29. The molecule has 0 unspecified atom stereocenters. The summed E-state index contributed by atoms with van der Waals surface area (Å²) in [5, 5.41) is 2.77. The van der Waals surface area contributed by atoms with Gasteiger partial charge in [0.15, 0.2) is 0 Å². The number of piperidine rings is 1. The molecular weight excluding hydrogens is 242 g/mol. The molecule has 0 aliphatic carbocycles. The van der Waals surface area contributed by atoms with E-state index >= 15 is 0 Å². The Bertz CT molecular complexity index is 411. The number of carbonyl (C=O) groups excluding carboxylic acids is 1. The zero-order valence-electron chi connectivity index (χ0n) is 11.6.